The minimum Gasteiger partial charge on any atom is -0.455 e. The minimum absolute atomic E-state index is 0.0917. The van der Waals surface area contributed by atoms with E-state index in [4.69, 9.17) is 4.74 Å². The van der Waals surface area contributed by atoms with E-state index in [9.17, 15) is 14.4 Å². The fourth-order valence-electron chi connectivity index (χ4n) is 3.14. The molecule has 0 saturated carbocycles. The molecule has 1 atom stereocenters. The van der Waals surface area contributed by atoms with Crippen molar-refractivity contribution in [1.29, 1.82) is 0 Å². The maximum atomic E-state index is 12.4. The first-order chi connectivity index (χ1) is 12.4. The van der Waals surface area contributed by atoms with Crippen LogP contribution in [-0.2, 0) is 19.1 Å². The van der Waals surface area contributed by atoms with Crippen molar-refractivity contribution in [3.05, 3.63) is 29.3 Å². The Morgan fingerprint density at radius 3 is 2.62 bits per heavy atom. The van der Waals surface area contributed by atoms with Crippen molar-refractivity contribution in [2.24, 2.45) is 5.92 Å². The molecule has 1 N–H and O–H groups in total. The number of anilines is 1. The number of esters is 1. The molecule has 1 aromatic rings. The second kappa shape index (κ2) is 8.83. The van der Waals surface area contributed by atoms with Gasteiger partial charge in [-0.2, -0.15) is 0 Å². The van der Waals surface area contributed by atoms with Gasteiger partial charge in [-0.05, 0) is 43.9 Å². The van der Waals surface area contributed by atoms with Gasteiger partial charge in [0.1, 0.15) is 0 Å². The van der Waals surface area contributed by atoms with Crippen molar-refractivity contribution in [2.75, 3.05) is 18.1 Å². The Labute approximate surface area is 154 Å². The van der Waals surface area contributed by atoms with Crippen LogP contribution in [0.5, 0.6) is 0 Å². The van der Waals surface area contributed by atoms with E-state index >= 15 is 0 Å². The van der Waals surface area contributed by atoms with Crippen molar-refractivity contribution in [3.8, 4) is 0 Å². The standard InChI is InChI=1S/C20H28N2O4/c1-5-16(6-2)21-18(23)12-26-20(25)15-10-19(24)22(11-15)17-9-7-8-13(3)14(17)4/h7-9,15-16H,5-6,10-12H2,1-4H3,(H,21,23)/t15-/m1/s1. The highest BCUT2D eigenvalue weighted by Gasteiger charge is 2.37. The molecular weight excluding hydrogens is 332 g/mol. The number of ether oxygens (including phenoxy) is 1. The predicted octanol–water partition coefficient (Wildman–Crippen LogP) is 2.50. The van der Waals surface area contributed by atoms with Crippen LogP contribution in [0, 0.1) is 19.8 Å². The van der Waals surface area contributed by atoms with Crippen LogP contribution < -0.4 is 10.2 Å². The zero-order valence-corrected chi connectivity index (χ0v) is 16.0. The lowest BCUT2D eigenvalue weighted by Gasteiger charge is -2.20. The second-order valence-electron chi connectivity index (χ2n) is 6.81. The number of nitrogens with one attached hydrogen (secondary N) is 1. The summed E-state index contributed by atoms with van der Waals surface area (Å²) in [4.78, 5) is 38.1. The van der Waals surface area contributed by atoms with Crippen molar-refractivity contribution in [3.63, 3.8) is 0 Å². The second-order valence-corrected chi connectivity index (χ2v) is 6.81. The van der Waals surface area contributed by atoms with Gasteiger partial charge in [0.25, 0.3) is 5.91 Å². The summed E-state index contributed by atoms with van der Waals surface area (Å²) >= 11 is 0. The molecule has 6 nitrogen and oxygen atoms in total. The summed E-state index contributed by atoms with van der Waals surface area (Å²) in [7, 11) is 0. The molecule has 0 bridgehead atoms. The van der Waals surface area contributed by atoms with Gasteiger partial charge in [0.15, 0.2) is 6.61 Å². The molecule has 6 heteroatoms. The van der Waals surface area contributed by atoms with Crippen LogP contribution in [0.4, 0.5) is 5.69 Å². The quantitative estimate of drug-likeness (QED) is 0.758. The molecule has 1 aromatic carbocycles. The van der Waals surface area contributed by atoms with Crippen LogP contribution in [0.25, 0.3) is 0 Å². The van der Waals surface area contributed by atoms with Crippen molar-refractivity contribution in [2.45, 2.75) is 53.0 Å². The van der Waals surface area contributed by atoms with Crippen LogP contribution in [0.2, 0.25) is 0 Å². The first kappa shape index (κ1) is 19.9. The fraction of sp³-hybridized carbons (Fsp3) is 0.550. The summed E-state index contributed by atoms with van der Waals surface area (Å²) in [6.45, 7) is 7.92. The Kier molecular flexibility index (Phi) is 6.77. The number of amides is 2. The molecule has 1 heterocycles. The number of hydrogen-bond acceptors (Lipinski definition) is 4. The molecule has 1 aliphatic rings. The van der Waals surface area contributed by atoms with Crippen molar-refractivity contribution < 1.29 is 19.1 Å². The monoisotopic (exact) mass is 360 g/mol. The first-order valence-corrected chi connectivity index (χ1v) is 9.19. The molecule has 0 spiro atoms. The first-order valence-electron chi connectivity index (χ1n) is 9.19. The number of carbonyl (C=O) groups is 3. The topological polar surface area (TPSA) is 75.7 Å². The third-order valence-corrected chi connectivity index (χ3v) is 5.02. The molecule has 1 saturated heterocycles. The van der Waals surface area contributed by atoms with Crippen LogP contribution in [0.1, 0.15) is 44.2 Å². The van der Waals surface area contributed by atoms with Gasteiger partial charge in [0.2, 0.25) is 5.91 Å². The van der Waals surface area contributed by atoms with Gasteiger partial charge in [-0.15, -0.1) is 0 Å². The van der Waals surface area contributed by atoms with Crippen molar-refractivity contribution >= 4 is 23.5 Å². The van der Waals surface area contributed by atoms with E-state index in [0.29, 0.717) is 0 Å². The predicted molar refractivity (Wildman–Crippen MR) is 99.8 cm³/mol. The van der Waals surface area contributed by atoms with Gasteiger partial charge < -0.3 is 15.0 Å². The number of nitrogens with zero attached hydrogens (tertiary/aromatic N) is 1. The van der Waals surface area contributed by atoms with E-state index < -0.39 is 11.9 Å². The van der Waals surface area contributed by atoms with E-state index in [0.717, 1.165) is 29.7 Å². The van der Waals surface area contributed by atoms with Gasteiger partial charge in [-0.25, -0.2) is 0 Å². The van der Waals surface area contributed by atoms with Gasteiger partial charge in [0, 0.05) is 24.7 Å². The van der Waals surface area contributed by atoms with E-state index in [-0.39, 0.29) is 37.4 Å². The van der Waals surface area contributed by atoms with Crippen LogP contribution in [0.3, 0.4) is 0 Å². The van der Waals surface area contributed by atoms with E-state index in [1.54, 1.807) is 4.90 Å². The van der Waals surface area contributed by atoms with E-state index in [1.165, 1.54) is 0 Å². The summed E-state index contributed by atoms with van der Waals surface area (Å²) < 4.78 is 5.13. The Bertz CT molecular complexity index is 682. The lowest BCUT2D eigenvalue weighted by molar-refractivity contribution is -0.152. The highest BCUT2D eigenvalue weighted by Crippen LogP contribution is 2.29. The maximum absolute atomic E-state index is 12.4. The summed E-state index contributed by atoms with van der Waals surface area (Å²) in [5, 5.41) is 2.83. The SMILES string of the molecule is CCC(CC)NC(=O)COC(=O)[C@@H]1CC(=O)N(c2cccc(C)c2C)C1. The van der Waals surface area contributed by atoms with Gasteiger partial charge in [-0.1, -0.05) is 26.0 Å². The number of benzene rings is 1. The molecule has 1 fully saturated rings. The normalized spacial score (nSPS) is 16.9. The molecule has 26 heavy (non-hydrogen) atoms. The Hall–Kier alpha value is -2.37. The maximum Gasteiger partial charge on any atom is 0.311 e. The zero-order chi connectivity index (χ0) is 19.3. The van der Waals surface area contributed by atoms with Gasteiger partial charge in [-0.3, -0.25) is 14.4 Å². The fourth-order valence-corrected chi connectivity index (χ4v) is 3.14. The van der Waals surface area contributed by atoms with Gasteiger partial charge in [0.05, 0.1) is 5.92 Å². The lowest BCUT2D eigenvalue weighted by atomic mass is 10.1. The molecular formula is C20H28N2O4. The van der Waals surface area contributed by atoms with Crippen LogP contribution in [0.15, 0.2) is 18.2 Å². The molecule has 0 aliphatic carbocycles. The number of carbonyl (C=O) groups excluding carboxylic acids is 3. The van der Waals surface area contributed by atoms with Gasteiger partial charge >= 0.3 is 5.97 Å². The molecule has 2 amide bonds. The molecule has 0 unspecified atom stereocenters. The molecule has 2 rings (SSSR count). The minimum atomic E-state index is -0.539. The molecule has 0 radical (unpaired) electrons. The number of hydrogen-bond donors (Lipinski definition) is 1. The lowest BCUT2D eigenvalue weighted by Crippen LogP contribution is -2.37. The highest BCUT2D eigenvalue weighted by molar-refractivity contribution is 6.00. The Balaban J connectivity index is 1.92. The van der Waals surface area contributed by atoms with Crippen molar-refractivity contribution in [1.82, 2.24) is 5.32 Å². The third kappa shape index (κ3) is 4.62. The smallest absolute Gasteiger partial charge is 0.311 e. The largest absolute Gasteiger partial charge is 0.455 e. The van der Waals surface area contributed by atoms with E-state index in [1.807, 2.05) is 45.9 Å². The summed E-state index contributed by atoms with van der Waals surface area (Å²) in [6, 6.07) is 5.87. The van der Waals surface area contributed by atoms with E-state index in [2.05, 4.69) is 5.32 Å². The van der Waals surface area contributed by atoms with Crippen LogP contribution >= 0.6 is 0 Å². The number of aryl methyl sites for hydroxylation is 1. The summed E-state index contributed by atoms with van der Waals surface area (Å²) in [5.41, 5.74) is 2.95. The summed E-state index contributed by atoms with van der Waals surface area (Å²) in [6.07, 6.45) is 1.77. The molecule has 142 valence electrons. The van der Waals surface area contributed by atoms with Crippen LogP contribution in [-0.4, -0.2) is 37.0 Å². The average Bonchev–Trinajstić information content (AvgIpc) is 3.01. The zero-order valence-electron chi connectivity index (χ0n) is 16.0. The Morgan fingerprint density at radius 1 is 1.27 bits per heavy atom. The summed E-state index contributed by atoms with van der Waals surface area (Å²) in [5.74, 6) is -1.43. The third-order valence-electron chi connectivity index (χ3n) is 5.02. The molecule has 1 aliphatic heterocycles. The molecule has 0 aromatic heterocycles. The Morgan fingerprint density at radius 2 is 1.96 bits per heavy atom. The highest BCUT2D eigenvalue weighted by atomic mass is 16.5. The average molecular weight is 360 g/mol. The number of rotatable bonds is 7.